The number of methoxy groups -OCH3 is 1. The van der Waals surface area contributed by atoms with E-state index in [0.29, 0.717) is 13.2 Å². The monoisotopic (exact) mass is 403 g/mol. The molecule has 26 heavy (non-hydrogen) atoms. The molecule has 2 saturated heterocycles. The molecule has 2 aliphatic heterocycles. The molecule has 2 heterocycles. The molecule has 0 aromatic heterocycles. The van der Waals surface area contributed by atoms with Crippen LogP contribution in [0.3, 0.4) is 0 Å². The molecule has 0 radical (unpaired) electrons. The molecule has 2 aliphatic rings. The van der Waals surface area contributed by atoms with Gasteiger partial charge in [0.25, 0.3) is 0 Å². The molecule has 1 aromatic carbocycles. The van der Waals surface area contributed by atoms with Gasteiger partial charge < -0.3 is 14.8 Å². The Morgan fingerprint density at radius 2 is 2.08 bits per heavy atom. The molecule has 146 valence electrons. The Morgan fingerprint density at radius 3 is 2.73 bits per heavy atom. The van der Waals surface area contributed by atoms with E-state index in [1.165, 1.54) is 13.2 Å². The van der Waals surface area contributed by atoms with E-state index in [1.807, 2.05) is 0 Å². The topological polar surface area (TPSA) is 98.8 Å². The largest absolute Gasteiger partial charge is 0.495 e. The van der Waals surface area contributed by atoms with Gasteiger partial charge in [0.15, 0.2) is 19.7 Å². The Kier molecular flexibility index (Phi) is 5.62. The fourth-order valence-corrected chi connectivity index (χ4v) is 8.53. The van der Waals surface area contributed by atoms with Gasteiger partial charge in [0.1, 0.15) is 10.6 Å². The molecule has 9 heteroatoms. The molecule has 0 unspecified atom stereocenters. The Hall–Kier alpha value is -1.16. The molecule has 0 saturated carbocycles. The molecule has 7 nitrogen and oxygen atoms in total. The molecule has 0 spiro atoms. The van der Waals surface area contributed by atoms with Crippen molar-refractivity contribution in [3.63, 3.8) is 0 Å². The minimum absolute atomic E-state index is 0.00941. The zero-order valence-corrected chi connectivity index (χ0v) is 16.6. The SMILES string of the molecule is COc1ccc(C)cc1S(=O)(=O)[C@@H]1CS(=O)(=O)C[C@@H]1NC[C@H]1CCCO1. The lowest BCUT2D eigenvalue weighted by atomic mass is 10.2. The molecule has 2 fully saturated rings. The van der Waals surface area contributed by atoms with Gasteiger partial charge in [-0.2, -0.15) is 0 Å². The first-order chi connectivity index (χ1) is 12.2. The van der Waals surface area contributed by atoms with Crippen LogP contribution in [-0.2, 0) is 24.4 Å². The van der Waals surface area contributed by atoms with Gasteiger partial charge in [-0.15, -0.1) is 0 Å². The quantitative estimate of drug-likeness (QED) is 0.747. The number of nitrogens with one attached hydrogen (secondary N) is 1. The van der Waals surface area contributed by atoms with Crippen LogP contribution in [0.2, 0.25) is 0 Å². The van der Waals surface area contributed by atoms with E-state index in [1.54, 1.807) is 19.1 Å². The summed E-state index contributed by atoms with van der Waals surface area (Å²) in [5.74, 6) is -0.328. The number of aryl methyl sites for hydroxylation is 1. The summed E-state index contributed by atoms with van der Waals surface area (Å²) < 4.78 is 61.6. The highest BCUT2D eigenvalue weighted by atomic mass is 32.2. The van der Waals surface area contributed by atoms with Crippen molar-refractivity contribution < 1.29 is 26.3 Å². The summed E-state index contributed by atoms with van der Waals surface area (Å²) in [4.78, 5) is 0.0472. The van der Waals surface area contributed by atoms with Crippen molar-refractivity contribution in [1.29, 1.82) is 0 Å². The zero-order chi connectivity index (χ0) is 18.9. The highest BCUT2D eigenvalue weighted by Crippen LogP contribution is 2.32. The van der Waals surface area contributed by atoms with Crippen molar-refractivity contribution in [3.05, 3.63) is 23.8 Å². The molecule has 0 aliphatic carbocycles. The van der Waals surface area contributed by atoms with Crippen LogP contribution in [-0.4, -0.2) is 66.0 Å². The van der Waals surface area contributed by atoms with E-state index in [4.69, 9.17) is 9.47 Å². The maximum Gasteiger partial charge on any atom is 0.187 e. The lowest BCUT2D eigenvalue weighted by molar-refractivity contribution is 0.108. The Balaban J connectivity index is 1.89. The fraction of sp³-hybridized carbons (Fsp3) is 0.647. The molecule has 3 rings (SSSR count). The lowest BCUT2D eigenvalue weighted by Gasteiger charge is -2.22. The predicted octanol–water partition coefficient (Wildman–Crippen LogP) is 0.712. The average molecular weight is 404 g/mol. The summed E-state index contributed by atoms with van der Waals surface area (Å²) in [7, 11) is -5.91. The van der Waals surface area contributed by atoms with Gasteiger partial charge in [-0.05, 0) is 37.5 Å². The fourth-order valence-electron chi connectivity index (χ4n) is 3.57. The van der Waals surface area contributed by atoms with Crippen LogP contribution in [0.5, 0.6) is 5.75 Å². The van der Waals surface area contributed by atoms with Gasteiger partial charge in [-0.1, -0.05) is 6.07 Å². The number of sulfone groups is 2. The molecular formula is C17H25NO6S2. The summed E-state index contributed by atoms with van der Waals surface area (Å²) in [6.07, 6.45) is 1.88. The van der Waals surface area contributed by atoms with E-state index < -0.39 is 31.0 Å². The summed E-state index contributed by atoms with van der Waals surface area (Å²) in [5, 5.41) is 2.10. The second-order valence-electron chi connectivity index (χ2n) is 6.96. The maximum absolute atomic E-state index is 13.2. The van der Waals surface area contributed by atoms with Crippen LogP contribution in [0.4, 0.5) is 0 Å². The number of rotatable bonds is 6. The van der Waals surface area contributed by atoms with Crippen LogP contribution >= 0.6 is 0 Å². The first-order valence-corrected chi connectivity index (χ1v) is 12.0. The van der Waals surface area contributed by atoms with Gasteiger partial charge in [-0.3, -0.25) is 0 Å². The predicted molar refractivity (Wildman–Crippen MR) is 98.1 cm³/mol. The van der Waals surface area contributed by atoms with Gasteiger partial charge in [0.05, 0.1) is 30.0 Å². The second-order valence-corrected chi connectivity index (χ2v) is 11.3. The smallest absolute Gasteiger partial charge is 0.187 e. The van der Waals surface area contributed by atoms with Crippen molar-refractivity contribution in [2.45, 2.75) is 42.1 Å². The van der Waals surface area contributed by atoms with Gasteiger partial charge in [0, 0.05) is 19.2 Å². The molecular weight excluding hydrogens is 378 g/mol. The summed E-state index contributed by atoms with van der Waals surface area (Å²) in [5.41, 5.74) is 0.772. The summed E-state index contributed by atoms with van der Waals surface area (Å²) >= 11 is 0. The minimum Gasteiger partial charge on any atom is -0.495 e. The van der Waals surface area contributed by atoms with Crippen molar-refractivity contribution >= 4 is 19.7 Å². The second kappa shape index (κ2) is 7.46. The van der Waals surface area contributed by atoms with Crippen LogP contribution in [0.25, 0.3) is 0 Å². The van der Waals surface area contributed by atoms with Gasteiger partial charge in [-0.25, -0.2) is 16.8 Å². The van der Waals surface area contributed by atoms with Crippen LogP contribution in [0.1, 0.15) is 18.4 Å². The van der Waals surface area contributed by atoms with Crippen molar-refractivity contribution in [1.82, 2.24) is 5.32 Å². The molecule has 1 N–H and O–H groups in total. The third kappa shape index (κ3) is 4.05. The van der Waals surface area contributed by atoms with Crippen molar-refractivity contribution in [3.8, 4) is 5.75 Å². The Bertz CT molecular complexity index is 859. The first-order valence-electron chi connectivity index (χ1n) is 8.67. The van der Waals surface area contributed by atoms with Gasteiger partial charge in [0.2, 0.25) is 0 Å². The van der Waals surface area contributed by atoms with Crippen LogP contribution in [0.15, 0.2) is 23.1 Å². The van der Waals surface area contributed by atoms with Crippen LogP contribution < -0.4 is 10.1 Å². The third-order valence-corrected chi connectivity index (χ3v) is 9.13. The minimum atomic E-state index is -3.88. The number of hydrogen-bond acceptors (Lipinski definition) is 7. The number of hydrogen-bond donors (Lipinski definition) is 1. The first kappa shape index (κ1) is 19.6. The van der Waals surface area contributed by atoms with Crippen LogP contribution in [0, 0.1) is 6.92 Å². The van der Waals surface area contributed by atoms with E-state index >= 15 is 0 Å². The molecule has 0 amide bonds. The normalized spacial score (nSPS) is 28.3. The van der Waals surface area contributed by atoms with E-state index in [2.05, 4.69) is 5.32 Å². The molecule has 3 atom stereocenters. The van der Waals surface area contributed by atoms with Crippen molar-refractivity contribution in [2.24, 2.45) is 0 Å². The highest BCUT2D eigenvalue weighted by Gasteiger charge is 2.46. The standard InChI is InChI=1S/C17H25NO6S2/c1-12-5-6-15(23-2)16(8-12)26(21,22)17-11-25(19,20)10-14(17)18-9-13-4-3-7-24-13/h5-6,8,13-14,17-18H,3-4,7,9-11H2,1-2H3/t13-,14+,17-/m1/s1. The van der Waals surface area contributed by atoms with Crippen molar-refractivity contribution in [2.75, 3.05) is 31.8 Å². The maximum atomic E-state index is 13.2. The van der Waals surface area contributed by atoms with E-state index in [0.717, 1.165) is 18.4 Å². The lowest BCUT2D eigenvalue weighted by Crippen LogP contribution is -2.46. The summed E-state index contributed by atoms with van der Waals surface area (Å²) in [6.45, 7) is 2.94. The third-order valence-electron chi connectivity index (χ3n) is 4.96. The Labute approximate surface area is 154 Å². The zero-order valence-electron chi connectivity index (χ0n) is 15.0. The number of ether oxygens (including phenoxy) is 2. The summed E-state index contributed by atoms with van der Waals surface area (Å²) in [6, 6.07) is 4.24. The Morgan fingerprint density at radius 1 is 1.31 bits per heavy atom. The molecule has 0 bridgehead atoms. The van der Waals surface area contributed by atoms with E-state index in [9.17, 15) is 16.8 Å². The highest BCUT2D eigenvalue weighted by molar-refractivity contribution is 7.96. The molecule has 1 aromatic rings. The average Bonchev–Trinajstić information content (AvgIpc) is 3.20. The van der Waals surface area contributed by atoms with Gasteiger partial charge >= 0.3 is 0 Å². The number of benzene rings is 1. The van der Waals surface area contributed by atoms with E-state index in [-0.39, 0.29) is 28.3 Å².